The summed E-state index contributed by atoms with van der Waals surface area (Å²) in [5.74, 6) is 1.18. The first kappa shape index (κ1) is 23.5. The molecule has 30 heavy (non-hydrogen) atoms. The van der Waals surface area contributed by atoms with Crippen molar-refractivity contribution in [3.8, 4) is 11.5 Å². The van der Waals surface area contributed by atoms with Crippen molar-refractivity contribution >= 4 is 10.0 Å². The fourth-order valence-corrected chi connectivity index (χ4v) is 4.56. The Bertz CT molecular complexity index is 966. The van der Waals surface area contributed by atoms with Gasteiger partial charge in [0.15, 0.2) is 11.5 Å². The topological polar surface area (TPSA) is 55.8 Å². The fourth-order valence-electron chi connectivity index (χ4n) is 3.13. The molecule has 0 saturated heterocycles. The van der Waals surface area contributed by atoms with Gasteiger partial charge in [0, 0.05) is 11.8 Å². The maximum absolute atomic E-state index is 13.1. The van der Waals surface area contributed by atoms with E-state index in [0.717, 1.165) is 16.7 Å². The predicted molar refractivity (Wildman–Crippen MR) is 122 cm³/mol. The summed E-state index contributed by atoms with van der Waals surface area (Å²) in [4.78, 5) is 0. The lowest BCUT2D eigenvalue weighted by Gasteiger charge is -2.24. The third-order valence-corrected chi connectivity index (χ3v) is 6.10. The van der Waals surface area contributed by atoms with Crippen molar-refractivity contribution in [3.05, 3.63) is 84.1 Å². The molecule has 0 fully saturated rings. The molecular weight excluding hydrogens is 398 g/mol. The number of rotatable bonds is 11. The van der Waals surface area contributed by atoms with Crippen LogP contribution in [-0.2, 0) is 28.7 Å². The van der Waals surface area contributed by atoms with E-state index in [-0.39, 0.29) is 18.4 Å². The first-order valence-corrected chi connectivity index (χ1v) is 11.6. The summed E-state index contributed by atoms with van der Waals surface area (Å²) in [6.07, 6.45) is 5.60. The summed E-state index contributed by atoms with van der Waals surface area (Å²) in [7, 11) is -1.98. The van der Waals surface area contributed by atoms with E-state index in [1.165, 1.54) is 4.31 Å². The van der Waals surface area contributed by atoms with Gasteiger partial charge in [-0.25, -0.2) is 8.42 Å². The Hall–Kier alpha value is -2.73. The number of sulfonamides is 1. The molecule has 2 aromatic carbocycles. The molecule has 0 N–H and O–H groups in total. The van der Waals surface area contributed by atoms with Gasteiger partial charge in [-0.3, -0.25) is 4.31 Å². The molecule has 2 rings (SSSR count). The Balaban J connectivity index is 2.46. The van der Waals surface area contributed by atoms with Crippen LogP contribution in [0, 0.1) is 0 Å². The van der Waals surface area contributed by atoms with Gasteiger partial charge in [-0.2, -0.15) is 0 Å². The third-order valence-electron chi connectivity index (χ3n) is 4.43. The van der Waals surface area contributed by atoms with E-state index >= 15 is 0 Å². The van der Waals surface area contributed by atoms with Crippen molar-refractivity contribution in [1.29, 1.82) is 0 Å². The summed E-state index contributed by atoms with van der Waals surface area (Å²) in [5, 5.41) is 0. The largest absolute Gasteiger partial charge is 0.493 e. The van der Waals surface area contributed by atoms with E-state index in [0.29, 0.717) is 17.9 Å². The summed E-state index contributed by atoms with van der Waals surface area (Å²) in [5.41, 5.74) is 2.47. The highest BCUT2D eigenvalue weighted by Crippen LogP contribution is 2.36. The first-order valence-electron chi connectivity index (χ1n) is 9.95. The zero-order valence-electron chi connectivity index (χ0n) is 18.2. The van der Waals surface area contributed by atoms with Crippen molar-refractivity contribution in [2.75, 3.05) is 7.11 Å². The highest BCUT2D eigenvalue weighted by molar-refractivity contribution is 7.88. The predicted octanol–water partition coefficient (Wildman–Crippen LogP) is 5.08. The van der Waals surface area contributed by atoms with Crippen molar-refractivity contribution in [2.24, 2.45) is 0 Å². The molecule has 0 saturated carbocycles. The summed E-state index contributed by atoms with van der Waals surface area (Å²) >= 11 is 0. The lowest BCUT2D eigenvalue weighted by Crippen LogP contribution is -2.27. The molecule has 0 heterocycles. The van der Waals surface area contributed by atoms with Crippen LogP contribution < -0.4 is 9.47 Å². The number of benzene rings is 2. The van der Waals surface area contributed by atoms with Gasteiger partial charge in [0.25, 0.3) is 0 Å². The smallest absolute Gasteiger partial charge is 0.239 e. The van der Waals surface area contributed by atoms with Gasteiger partial charge in [-0.15, -0.1) is 6.58 Å². The van der Waals surface area contributed by atoms with Crippen molar-refractivity contribution in [2.45, 2.75) is 45.6 Å². The molecule has 0 atom stereocenters. The van der Waals surface area contributed by atoms with Crippen LogP contribution in [-0.4, -0.2) is 25.9 Å². The summed E-state index contributed by atoms with van der Waals surface area (Å²) < 4.78 is 39.2. The van der Waals surface area contributed by atoms with E-state index in [4.69, 9.17) is 9.47 Å². The van der Waals surface area contributed by atoms with E-state index in [2.05, 4.69) is 6.58 Å². The number of ether oxygens (including phenoxy) is 2. The normalized spacial score (nSPS) is 11.6. The molecule has 0 bridgehead atoms. The minimum absolute atomic E-state index is 0.0498. The number of hydrogen-bond acceptors (Lipinski definition) is 4. The quantitative estimate of drug-likeness (QED) is 0.468. The molecule has 5 nitrogen and oxygen atoms in total. The molecule has 0 aliphatic rings. The molecule has 0 unspecified atom stereocenters. The minimum Gasteiger partial charge on any atom is -0.493 e. The van der Waals surface area contributed by atoms with Crippen LogP contribution in [0.4, 0.5) is 0 Å². The highest BCUT2D eigenvalue weighted by Gasteiger charge is 2.23. The molecule has 0 spiro atoms. The van der Waals surface area contributed by atoms with Crippen LogP contribution in [0.3, 0.4) is 0 Å². The molecule has 162 valence electrons. The maximum Gasteiger partial charge on any atom is 0.239 e. The number of allylic oxidation sites excluding steroid dienone is 2. The lowest BCUT2D eigenvalue weighted by atomic mass is 10.0. The van der Waals surface area contributed by atoms with Gasteiger partial charge in [0.2, 0.25) is 10.0 Å². The molecule has 0 aliphatic heterocycles. The van der Waals surface area contributed by atoms with E-state index in [1.54, 1.807) is 32.4 Å². The third kappa shape index (κ3) is 6.13. The van der Waals surface area contributed by atoms with Crippen molar-refractivity contribution < 1.29 is 17.9 Å². The average molecular weight is 430 g/mol. The van der Waals surface area contributed by atoms with Crippen molar-refractivity contribution in [3.63, 3.8) is 0 Å². The first-order chi connectivity index (χ1) is 14.3. The Labute approximate surface area is 180 Å². The standard InChI is InChI=1S/C24H31NO4S/c1-6-11-22-21(14-15-23(28-5)24(22)29-19(3)4)17-25(16-7-2)30(26,27)18-20-12-9-8-10-13-20/h6-10,12-16,19H,1,11,17-18H2,2-5H3/b16-7+. The molecule has 0 aromatic heterocycles. The molecule has 2 aromatic rings. The van der Waals surface area contributed by atoms with Crippen LogP contribution in [0.1, 0.15) is 37.5 Å². The van der Waals surface area contributed by atoms with Gasteiger partial charge in [-0.1, -0.05) is 48.6 Å². The van der Waals surface area contributed by atoms with Crippen molar-refractivity contribution in [1.82, 2.24) is 4.31 Å². The second kappa shape index (κ2) is 10.9. The molecule has 6 heteroatoms. The number of hydrogen-bond donors (Lipinski definition) is 0. The SMILES string of the molecule is C=CCc1c(CN(/C=C/C)S(=O)(=O)Cc2ccccc2)ccc(OC)c1OC(C)C. The lowest BCUT2D eigenvalue weighted by molar-refractivity contribution is 0.227. The molecule has 0 aliphatic carbocycles. The Morgan fingerprint density at radius 3 is 2.40 bits per heavy atom. The average Bonchev–Trinajstić information content (AvgIpc) is 2.70. The Morgan fingerprint density at radius 1 is 1.13 bits per heavy atom. The van der Waals surface area contributed by atoms with Crippen LogP contribution in [0.5, 0.6) is 11.5 Å². The number of methoxy groups -OCH3 is 1. The van der Waals surface area contributed by atoms with Crippen LogP contribution >= 0.6 is 0 Å². The van der Waals surface area contributed by atoms with E-state index in [9.17, 15) is 8.42 Å². The van der Waals surface area contributed by atoms with Crippen LogP contribution in [0.2, 0.25) is 0 Å². The van der Waals surface area contributed by atoms with Crippen LogP contribution in [0.25, 0.3) is 0 Å². The molecular formula is C24H31NO4S. The van der Waals surface area contributed by atoms with E-state index < -0.39 is 10.0 Å². The van der Waals surface area contributed by atoms with Gasteiger partial charge in [0.1, 0.15) is 0 Å². The summed E-state index contributed by atoms with van der Waals surface area (Å²) in [6.45, 7) is 9.74. The second-order valence-corrected chi connectivity index (χ2v) is 9.09. The van der Waals surface area contributed by atoms with Gasteiger partial charge < -0.3 is 9.47 Å². The maximum atomic E-state index is 13.1. The second-order valence-electron chi connectivity index (χ2n) is 7.16. The fraction of sp³-hybridized carbons (Fsp3) is 0.333. The van der Waals surface area contributed by atoms with Crippen LogP contribution in [0.15, 0.2) is 67.4 Å². The van der Waals surface area contributed by atoms with E-state index in [1.807, 2.05) is 56.3 Å². The monoisotopic (exact) mass is 429 g/mol. The van der Waals surface area contributed by atoms with Gasteiger partial charge in [0.05, 0.1) is 25.5 Å². The Kier molecular flexibility index (Phi) is 8.54. The zero-order chi connectivity index (χ0) is 22.1. The Morgan fingerprint density at radius 2 is 1.83 bits per heavy atom. The molecule has 0 amide bonds. The molecule has 0 radical (unpaired) electrons. The van der Waals surface area contributed by atoms with Gasteiger partial charge in [-0.05, 0) is 44.4 Å². The van der Waals surface area contributed by atoms with Gasteiger partial charge >= 0.3 is 0 Å². The summed E-state index contributed by atoms with van der Waals surface area (Å²) in [6, 6.07) is 12.9. The zero-order valence-corrected chi connectivity index (χ0v) is 19.0. The minimum atomic E-state index is -3.57. The number of nitrogens with zero attached hydrogens (tertiary/aromatic N) is 1. The highest BCUT2D eigenvalue weighted by atomic mass is 32.2.